The van der Waals surface area contributed by atoms with E-state index in [1.807, 2.05) is 24.0 Å². The zero-order valence-corrected chi connectivity index (χ0v) is 14.9. The number of guanidine groups is 1. The third-order valence-electron chi connectivity index (χ3n) is 3.81. The molecule has 1 aliphatic heterocycles. The maximum Gasteiger partial charge on any atom is 0.191 e. The van der Waals surface area contributed by atoms with Crippen LogP contribution in [0.5, 0.6) is 0 Å². The van der Waals surface area contributed by atoms with Crippen LogP contribution in [0.15, 0.2) is 23.2 Å². The number of rotatable bonds is 6. The van der Waals surface area contributed by atoms with Crippen molar-refractivity contribution in [3.63, 3.8) is 0 Å². The van der Waals surface area contributed by atoms with E-state index in [4.69, 9.17) is 4.74 Å². The molecule has 1 fully saturated rings. The quantitative estimate of drug-likeness (QED) is 0.619. The minimum absolute atomic E-state index is 0.190. The third kappa shape index (κ3) is 5.67. The molecule has 6 heteroatoms. The molecule has 2 N–H and O–H groups in total. The minimum Gasteiger partial charge on any atom is -0.378 e. The molecule has 134 valence electrons. The summed E-state index contributed by atoms with van der Waals surface area (Å²) in [7, 11) is 0. The van der Waals surface area contributed by atoms with E-state index < -0.39 is 0 Å². The molecule has 0 saturated carbocycles. The number of ether oxygens (including phenoxy) is 1. The predicted molar refractivity (Wildman–Crippen MR) is 97.1 cm³/mol. The molecule has 1 aromatic carbocycles. The van der Waals surface area contributed by atoms with Gasteiger partial charge in [-0.2, -0.15) is 0 Å². The summed E-state index contributed by atoms with van der Waals surface area (Å²) in [6.07, 6.45) is 0. The molecule has 1 heterocycles. The van der Waals surface area contributed by atoms with Crippen molar-refractivity contribution in [3.8, 4) is 0 Å². The van der Waals surface area contributed by atoms with Gasteiger partial charge in [0.25, 0.3) is 0 Å². The van der Waals surface area contributed by atoms with Crippen LogP contribution in [0.3, 0.4) is 0 Å². The van der Waals surface area contributed by atoms with Crippen LogP contribution in [0.2, 0.25) is 0 Å². The van der Waals surface area contributed by atoms with E-state index in [1.54, 1.807) is 6.07 Å². The summed E-state index contributed by atoms with van der Waals surface area (Å²) in [6.45, 7) is 11.2. The van der Waals surface area contributed by atoms with Gasteiger partial charge in [0.05, 0.1) is 25.4 Å². The van der Waals surface area contributed by atoms with Crippen molar-refractivity contribution >= 4 is 11.6 Å². The van der Waals surface area contributed by atoms with Gasteiger partial charge in [-0.3, -0.25) is 0 Å². The fourth-order valence-corrected chi connectivity index (χ4v) is 2.52. The van der Waals surface area contributed by atoms with Crippen LogP contribution in [0.1, 0.15) is 26.3 Å². The highest BCUT2D eigenvalue weighted by molar-refractivity contribution is 5.79. The standard InChI is InChI=1S/C18H29FN4O/c1-4-20-18(21-12-14(2)3)22-13-15-5-6-17(16(19)11-15)23-7-9-24-10-8-23/h5-6,11,14H,4,7-10,12-13H2,1-3H3,(H2,20,21,22). The average Bonchev–Trinajstić information content (AvgIpc) is 2.58. The second-order valence-corrected chi connectivity index (χ2v) is 6.36. The average molecular weight is 336 g/mol. The lowest BCUT2D eigenvalue weighted by atomic mass is 10.1. The van der Waals surface area contributed by atoms with Crippen LogP contribution in [0, 0.1) is 11.7 Å². The molecular formula is C18H29FN4O. The molecule has 0 spiro atoms. The predicted octanol–water partition coefficient (Wildman–Crippen LogP) is 2.37. The molecule has 5 nitrogen and oxygen atoms in total. The van der Waals surface area contributed by atoms with E-state index in [9.17, 15) is 4.39 Å². The molecule has 2 rings (SSSR count). The van der Waals surface area contributed by atoms with Gasteiger partial charge in [0.2, 0.25) is 0 Å². The highest BCUT2D eigenvalue weighted by Crippen LogP contribution is 2.21. The van der Waals surface area contributed by atoms with Gasteiger partial charge in [-0.05, 0) is 30.5 Å². The number of nitrogens with one attached hydrogen (secondary N) is 2. The molecule has 0 atom stereocenters. The third-order valence-corrected chi connectivity index (χ3v) is 3.81. The van der Waals surface area contributed by atoms with Crippen LogP contribution >= 0.6 is 0 Å². The van der Waals surface area contributed by atoms with Crippen molar-refractivity contribution < 1.29 is 9.13 Å². The molecule has 0 aliphatic carbocycles. The first-order chi connectivity index (χ1) is 11.6. The minimum atomic E-state index is -0.190. The lowest BCUT2D eigenvalue weighted by Crippen LogP contribution is -2.39. The van der Waals surface area contributed by atoms with Gasteiger partial charge in [0, 0.05) is 26.2 Å². The lowest BCUT2D eigenvalue weighted by Gasteiger charge is -2.29. The van der Waals surface area contributed by atoms with E-state index in [0.29, 0.717) is 31.4 Å². The van der Waals surface area contributed by atoms with E-state index >= 15 is 0 Å². The first-order valence-corrected chi connectivity index (χ1v) is 8.73. The molecule has 1 aromatic rings. The van der Waals surface area contributed by atoms with Crippen LogP contribution in [-0.2, 0) is 11.3 Å². The van der Waals surface area contributed by atoms with Crippen molar-refractivity contribution in [2.75, 3.05) is 44.3 Å². The van der Waals surface area contributed by atoms with Crippen LogP contribution < -0.4 is 15.5 Å². The lowest BCUT2D eigenvalue weighted by molar-refractivity contribution is 0.122. The SMILES string of the molecule is CCNC(=NCc1ccc(N2CCOCC2)c(F)c1)NCC(C)C. The normalized spacial score (nSPS) is 15.7. The van der Waals surface area contributed by atoms with Crippen molar-refractivity contribution in [3.05, 3.63) is 29.6 Å². The Kier molecular flexibility index (Phi) is 7.31. The number of nitrogens with zero attached hydrogens (tertiary/aromatic N) is 2. The highest BCUT2D eigenvalue weighted by atomic mass is 19.1. The largest absolute Gasteiger partial charge is 0.378 e. The van der Waals surface area contributed by atoms with Crippen molar-refractivity contribution in [1.82, 2.24) is 10.6 Å². The Labute approximate surface area is 144 Å². The Bertz CT molecular complexity index is 542. The summed E-state index contributed by atoms with van der Waals surface area (Å²) in [5, 5.41) is 6.50. The first-order valence-electron chi connectivity index (χ1n) is 8.73. The maximum atomic E-state index is 14.4. The molecule has 0 radical (unpaired) electrons. The summed E-state index contributed by atoms with van der Waals surface area (Å²) in [6, 6.07) is 5.38. The molecule has 1 aliphatic rings. The Morgan fingerprint density at radius 3 is 2.67 bits per heavy atom. The second-order valence-electron chi connectivity index (χ2n) is 6.36. The van der Waals surface area contributed by atoms with Crippen LogP contribution in [-0.4, -0.2) is 45.4 Å². The summed E-state index contributed by atoms with van der Waals surface area (Å²) < 4.78 is 19.7. The molecule has 24 heavy (non-hydrogen) atoms. The Morgan fingerprint density at radius 2 is 2.04 bits per heavy atom. The van der Waals surface area contributed by atoms with Gasteiger partial charge in [-0.1, -0.05) is 19.9 Å². The van der Waals surface area contributed by atoms with Gasteiger partial charge in [0.1, 0.15) is 5.82 Å². The van der Waals surface area contributed by atoms with Gasteiger partial charge < -0.3 is 20.3 Å². The van der Waals surface area contributed by atoms with E-state index in [0.717, 1.165) is 37.7 Å². The summed E-state index contributed by atoms with van der Waals surface area (Å²) in [4.78, 5) is 6.56. The van der Waals surface area contributed by atoms with Gasteiger partial charge in [0.15, 0.2) is 5.96 Å². The smallest absolute Gasteiger partial charge is 0.191 e. The molecule has 1 saturated heterocycles. The molecule has 0 amide bonds. The first kappa shape index (κ1) is 18.5. The Morgan fingerprint density at radius 1 is 1.29 bits per heavy atom. The van der Waals surface area contributed by atoms with E-state index in [1.165, 1.54) is 0 Å². The van der Waals surface area contributed by atoms with Crippen molar-refractivity contribution in [2.45, 2.75) is 27.3 Å². The summed E-state index contributed by atoms with van der Waals surface area (Å²) in [5.74, 6) is 1.12. The number of aliphatic imine (C=N–C) groups is 1. The van der Waals surface area contributed by atoms with Crippen LogP contribution in [0.4, 0.5) is 10.1 Å². The van der Waals surface area contributed by atoms with Crippen molar-refractivity contribution in [1.29, 1.82) is 0 Å². The fourth-order valence-electron chi connectivity index (χ4n) is 2.52. The molecule has 0 bridgehead atoms. The van der Waals surface area contributed by atoms with E-state index in [2.05, 4.69) is 29.5 Å². The molecule has 0 unspecified atom stereocenters. The van der Waals surface area contributed by atoms with Gasteiger partial charge in [-0.25, -0.2) is 9.38 Å². The van der Waals surface area contributed by atoms with Gasteiger partial charge >= 0.3 is 0 Å². The number of hydrogen-bond donors (Lipinski definition) is 2. The monoisotopic (exact) mass is 336 g/mol. The second kappa shape index (κ2) is 9.47. The van der Waals surface area contributed by atoms with Gasteiger partial charge in [-0.15, -0.1) is 0 Å². The molecular weight excluding hydrogens is 307 g/mol. The number of benzene rings is 1. The number of morpholine rings is 1. The number of halogens is 1. The number of anilines is 1. The zero-order valence-electron chi connectivity index (χ0n) is 14.9. The van der Waals surface area contributed by atoms with E-state index in [-0.39, 0.29) is 5.82 Å². The van der Waals surface area contributed by atoms with Crippen molar-refractivity contribution in [2.24, 2.45) is 10.9 Å². The fraction of sp³-hybridized carbons (Fsp3) is 0.611. The topological polar surface area (TPSA) is 48.9 Å². The summed E-state index contributed by atoms with van der Waals surface area (Å²) >= 11 is 0. The zero-order chi connectivity index (χ0) is 17.4. The maximum absolute atomic E-state index is 14.4. The summed E-state index contributed by atoms with van der Waals surface area (Å²) in [5.41, 5.74) is 1.52. The molecule has 0 aromatic heterocycles. The highest BCUT2D eigenvalue weighted by Gasteiger charge is 2.15. The number of hydrogen-bond acceptors (Lipinski definition) is 3. The Hall–Kier alpha value is -1.82. The van der Waals surface area contributed by atoms with Crippen LogP contribution in [0.25, 0.3) is 0 Å². The Balaban J connectivity index is 2.00.